The molecule has 0 aromatic heterocycles. The van der Waals surface area contributed by atoms with Crippen molar-refractivity contribution >= 4 is 40.5 Å². The number of benzene rings is 2. The van der Waals surface area contributed by atoms with E-state index in [1.54, 1.807) is 17.8 Å². The Hall–Kier alpha value is -0.930. The molecule has 116 valence electrons. The number of halogens is 2. The van der Waals surface area contributed by atoms with Gasteiger partial charge in [0.05, 0.1) is 0 Å². The van der Waals surface area contributed by atoms with E-state index in [9.17, 15) is 0 Å². The first-order valence-corrected chi connectivity index (χ1v) is 8.79. The van der Waals surface area contributed by atoms with Gasteiger partial charge in [0.25, 0.3) is 0 Å². The molecular formula is C18H19Cl2NS. The Morgan fingerprint density at radius 1 is 1.05 bits per heavy atom. The van der Waals surface area contributed by atoms with E-state index in [0.717, 1.165) is 11.3 Å². The topological polar surface area (TPSA) is 26.0 Å². The molecule has 4 heteroatoms. The highest BCUT2D eigenvalue weighted by Gasteiger charge is 2.04. The fourth-order valence-corrected chi connectivity index (χ4v) is 3.46. The maximum absolute atomic E-state index is 6.20. The van der Waals surface area contributed by atoms with E-state index < -0.39 is 0 Å². The van der Waals surface area contributed by atoms with Crippen molar-refractivity contribution < 1.29 is 0 Å². The average molecular weight is 352 g/mol. The van der Waals surface area contributed by atoms with Crippen LogP contribution in [0, 0.1) is 0 Å². The zero-order valence-electron chi connectivity index (χ0n) is 12.7. The van der Waals surface area contributed by atoms with Crippen LogP contribution in [0.15, 0.2) is 52.9 Å². The highest BCUT2D eigenvalue weighted by molar-refractivity contribution is 7.98. The maximum atomic E-state index is 6.20. The van der Waals surface area contributed by atoms with Gasteiger partial charge in [-0.05, 0) is 54.8 Å². The summed E-state index contributed by atoms with van der Waals surface area (Å²) < 4.78 is 0. The largest absolute Gasteiger partial charge is 0.327 e. The zero-order chi connectivity index (χ0) is 16.1. The van der Waals surface area contributed by atoms with E-state index >= 15 is 0 Å². The second kappa shape index (κ2) is 8.07. The highest BCUT2D eigenvalue weighted by Crippen LogP contribution is 2.29. The van der Waals surface area contributed by atoms with Crippen LogP contribution in [0.2, 0.25) is 10.0 Å². The molecule has 0 heterocycles. The first-order chi connectivity index (χ1) is 10.5. The fourth-order valence-electron chi connectivity index (χ4n) is 2.00. The molecule has 0 bridgehead atoms. The molecular weight excluding hydrogens is 333 g/mol. The lowest BCUT2D eigenvalue weighted by Gasteiger charge is -2.08. The summed E-state index contributed by atoms with van der Waals surface area (Å²) in [7, 11) is 0. The first kappa shape index (κ1) is 17.4. The van der Waals surface area contributed by atoms with Crippen LogP contribution >= 0.6 is 35.0 Å². The van der Waals surface area contributed by atoms with Crippen LogP contribution < -0.4 is 5.73 Å². The molecule has 0 atom stereocenters. The summed E-state index contributed by atoms with van der Waals surface area (Å²) in [6.07, 6.45) is 0. The number of rotatable bonds is 5. The SMILES string of the molecule is CC(CN)=C(C)c1ccc(SCc2ccc(Cl)cc2Cl)cc1. The summed E-state index contributed by atoms with van der Waals surface area (Å²) in [6.45, 7) is 4.77. The van der Waals surface area contributed by atoms with E-state index in [4.69, 9.17) is 28.9 Å². The Balaban J connectivity index is 2.06. The van der Waals surface area contributed by atoms with Crippen LogP contribution in [0.3, 0.4) is 0 Å². The molecule has 0 aliphatic heterocycles. The smallest absolute Gasteiger partial charge is 0.0461 e. The molecule has 0 saturated heterocycles. The van der Waals surface area contributed by atoms with Crippen molar-refractivity contribution in [1.29, 1.82) is 0 Å². The number of thioether (sulfide) groups is 1. The molecule has 2 rings (SSSR count). The standard InChI is InChI=1S/C18H19Cl2NS/c1-12(10-21)13(2)14-4-7-17(8-5-14)22-11-15-3-6-16(19)9-18(15)20/h3-9H,10-11,21H2,1-2H3. The highest BCUT2D eigenvalue weighted by atomic mass is 35.5. The lowest BCUT2D eigenvalue weighted by atomic mass is 10.0. The van der Waals surface area contributed by atoms with Gasteiger partial charge < -0.3 is 5.73 Å². The van der Waals surface area contributed by atoms with Gasteiger partial charge >= 0.3 is 0 Å². The summed E-state index contributed by atoms with van der Waals surface area (Å²) in [5.41, 5.74) is 10.5. The molecule has 0 saturated carbocycles. The second-order valence-corrected chi connectivity index (χ2v) is 7.05. The average Bonchev–Trinajstić information content (AvgIpc) is 2.53. The van der Waals surface area contributed by atoms with Crippen molar-refractivity contribution in [1.82, 2.24) is 0 Å². The predicted molar refractivity (Wildman–Crippen MR) is 99.8 cm³/mol. The van der Waals surface area contributed by atoms with E-state index in [1.807, 2.05) is 12.1 Å². The number of allylic oxidation sites excluding steroid dienone is 1. The molecule has 2 aromatic rings. The van der Waals surface area contributed by atoms with E-state index in [2.05, 4.69) is 38.1 Å². The molecule has 0 spiro atoms. The molecule has 0 aliphatic carbocycles. The van der Waals surface area contributed by atoms with Crippen LogP contribution in [0.5, 0.6) is 0 Å². The monoisotopic (exact) mass is 351 g/mol. The maximum Gasteiger partial charge on any atom is 0.0461 e. The van der Waals surface area contributed by atoms with Crippen LogP contribution in [0.1, 0.15) is 25.0 Å². The van der Waals surface area contributed by atoms with E-state index in [1.165, 1.54) is 21.6 Å². The summed E-state index contributed by atoms with van der Waals surface area (Å²) in [5.74, 6) is 0.825. The van der Waals surface area contributed by atoms with Crippen molar-refractivity contribution in [2.75, 3.05) is 6.54 Å². The number of nitrogens with two attached hydrogens (primary N) is 1. The Morgan fingerprint density at radius 2 is 1.73 bits per heavy atom. The summed E-state index contributed by atoms with van der Waals surface area (Å²) in [6, 6.07) is 14.2. The minimum absolute atomic E-state index is 0.595. The third-order valence-electron chi connectivity index (χ3n) is 3.64. The van der Waals surface area contributed by atoms with Crippen molar-refractivity contribution in [2.24, 2.45) is 5.73 Å². The minimum Gasteiger partial charge on any atom is -0.327 e. The quantitative estimate of drug-likeness (QED) is 0.664. The zero-order valence-corrected chi connectivity index (χ0v) is 15.0. The summed E-state index contributed by atoms with van der Waals surface area (Å²) >= 11 is 13.9. The van der Waals surface area contributed by atoms with E-state index in [-0.39, 0.29) is 0 Å². The van der Waals surface area contributed by atoms with Crippen molar-refractivity contribution in [3.8, 4) is 0 Å². The normalized spacial score (nSPS) is 12.2. The van der Waals surface area contributed by atoms with Gasteiger partial charge in [0.15, 0.2) is 0 Å². The van der Waals surface area contributed by atoms with Crippen LogP contribution in [-0.2, 0) is 5.75 Å². The second-order valence-electron chi connectivity index (χ2n) is 5.16. The fraction of sp³-hybridized carbons (Fsp3) is 0.222. The van der Waals surface area contributed by atoms with Gasteiger partial charge in [0.1, 0.15) is 0 Å². The minimum atomic E-state index is 0.595. The van der Waals surface area contributed by atoms with Gasteiger partial charge in [-0.25, -0.2) is 0 Å². The Bertz CT molecular complexity index is 678. The van der Waals surface area contributed by atoms with Crippen LogP contribution in [0.4, 0.5) is 0 Å². The van der Waals surface area contributed by atoms with Gasteiger partial charge in [0, 0.05) is 27.2 Å². The molecule has 0 aliphatic rings. The van der Waals surface area contributed by atoms with Crippen molar-refractivity contribution in [3.05, 3.63) is 69.2 Å². The Kier molecular flexibility index (Phi) is 6.39. The lowest BCUT2D eigenvalue weighted by Crippen LogP contribution is -2.01. The number of hydrogen-bond acceptors (Lipinski definition) is 2. The molecule has 22 heavy (non-hydrogen) atoms. The van der Waals surface area contributed by atoms with Gasteiger partial charge in [-0.1, -0.05) is 47.0 Å². The predicted octanol–water partition coefficient (Wildman–Crippen LogP) is 6.04. The first-order valence-electron chi connectivity index (χ1n) is 7.05. The third kappa shape index (κ3) is 4.53. The van der Waals surface area contributed by atoms with Gasteiger partial charge in [-0.15, -0.1) is 11.8 Å². The van der Waals surface area contributed by atoms with Crippen molar-refractivity contribution in [3.63, 3.8) is 0 Å². The van der Waals surface area contributed by atoms with Crippen molar-refractivity contribution in [2.45, 2.75) is 24.5 Å². The molecule has 1 nitrogen and oxygen atoms in total. The molecule has 0 radical (unpaired) electrons. The number of hydrogen-bond donors (Lipinski definition) is 1. The molecule has 0 amide bonds. The van der Waals surface area contributed by atoms with Gasteiger partial charge in [-0.2, -0.15) is 0 Å². The van der Waals surface area contributed by atoms with Crippen LogP contribution in [0.25, 0.3) is 5.57 Å². The van der Waals surface area contributed by atoms with E-state index in [0.29, 0.717) is 16.6 Å². The molecule has 2 aromatic carbocycles. The molecule has 0 fully saturated rings. The Labute approximate surface area is 146 Å². The Morgan fingerprint density at radius 3 is 2.32 bits per heavy atom. The lowest BCUT2D eigenvalue weighted by molar-refractivity contribution is 1.14. The third-order valence-corrected chi connectivity index (χ3v) is 5.29. The molecule has 2 N–H and O–H groups in total. The van der Waals surface area contributed by atoms with Gasteiger partial charge in [0.2, 0.25) is 0 Å². The summed E-state index contributed by atoms with van der Waals surface area (Å²) in [5, 5.41) is 1.38. The summed E-state index contributed by atoms with van der Waals surface area (Å²) in [4.78, 5) is 1.22. The molecule has 0 unspecified atom stereocenters. The van der Waals surface area contributed by atoms with Crippen LogP contribution in [-0.4, -0.2) is 6.54 Å². The van der Waals surface area contributed by atoms with Gasteiger partial charge in [-0.3, -0.25) is 0 Å².